The van der Waals surface area contributed by atoms with Crippen LogP contribution in [0.1, 0.15) is 6.92 Å². The Kier molecular flexibility index (Phi) is 2.11. The third kappa shape index (κ3) is 1.94. The predicted octanol–water partition coefficient (Wildman–Crippen LogP) is 2.12. The van der Waals surface area contributed by atoms with Crippen LogP contribution < -0.4 is 5.32 Å². The maximum absolute atomic E-state index is 3.77. The monoisotopic (exact) mass is 133 g/mol. The van der Waals surface area contributed by atoms with Crippen LogP contribution in [0.2, 0.25) is 0 Å². The molecule has 1 aliphatic heterocycles. The fraction of sp³-hybridized carbons (Fsp3) is 0.111. The Morgan fingerprint density at radius 2 is 2.40 bits per heavy atom. The van der Waals surface area contributed by atoms with Crippen molar-refractivity contribution in [3.63, 3.8) is 0 Å². The van der Waals surface area contributed by atoms with Crippen molar-refractivity contribution >= 4 is 0 Å². The molecule has 0 fully saturated rings. The van der Waals surface area contributed by atoms with Crippen molar-refractivity contribution in [3.05, 3.63) is 48.4 Å². The lowest BCUT2D eigenvalue weighted by Crippen LogP contribution is -2.04. The van der Waals surface area contributed by atoms with Gasteiger partial charge in [-0.05, 0) is 25.2 Å². The summed E-state index contributed by atoms with van der Waals surface area (Å²) < 4.78 is 0. The topological polar surface area (TPSA) is 12.0 Å². The summed E-state index contributed by atoms with van der Waals surface area (Å²) in [4.78, 5) is 0. The molecular formula is C9H11N. The van der Waals surface area contributed by atoms with Crippen LogP contribution in [0.15, 0.2) is 48.4 Å². The molecule has 0 unspecified atom stereocenters. The van der Waals surface area contributed by atoms with Gasteiger partial charge in [0, 0.05) is 11.9 Å². The lowest BCUT2D eigenvalue weighted by atomic mass is 10.2. The number of hydrogen-bond donors (Lipinski definition) is 1. The number of nitrogens with one attached hydrogen (secondary N) is 1. The molecule has 0 radical (unpaired) electrons. The second-order valence-corrected chi connectivity index (χ2v) is 2.31. The zero-order chi connectivity index (χ0) is 7.40. The molecule has 1 N–H and O–H groups in total. The Bertz CT molecular complexity index is 219. The summed E-state index contributed by atoms with van der Waals surface area (Å²) in [6.45, 7) is 5.75. The molecule has 10 heavy (non-hydrogen) atoms. The van der Waals surface area contributed by atoms with E-state index in [0.29, 0.717) is 0 Å². The van der Waals surface area contributed by atoms with Gasteiger partial charge in [-0.15, -0.1) is 0 Å². The van der Waals surface area contributed by atoms with E-state index in [-0.39, 0.29) is 0 Å². The molecule has 0 aromatic heterocycles. The van der Waals surface area contributed by atoms with Crippen molar-refractivity contribution in [2.45, 2.75) is 6.92 Å². The molecule has 1 heterocycles. The first-order chi connectivity index (χ1) is 4.79. The van der Waals surface area contributed by atoms with Crippen molar-refractivity contribution in [2.24, 2.45) is 0 Å². The SMILES string of the molecule is C=C(C)/C=C1/C=CC=CN1. The van der Waals surface area contributed by atoms with Gasteiger partial charge in [-0.2, -0.15) is 0 Å². The summed E-state index contributed by atoms with van der Waals surface area (Å²) in [5.74, 6) is 0. The molecule has 0 spiro atoms. The first-order valence-electron chi connectivity index (χ1n) is 3.26. The maximum Gasteiger partial charge on any atom is 0.0382 e. The van der Waals surface area contributed by atoms with Crippen LogP contribution in [0.25, 0.3) is 0 Å². The van der Waals surface area contributed by atoms with E-state index in [4.69, 9.17) is 0 Å². The first kappa shape index (κ1) is 6.87. The Morgan fingerprint density at radius 3 is 2.90 bits per heavy atom. The van der Waals surface area contributed by atoms with Gasteiger partial charge in [-0.25, -0.2) is 0 Å². The molecule has 0 aromatic rings. The highest BCUT2D eigenvalue weighted by molar-refractivity contribution is 5.31. The standard InChI is InChI=1S/C9H11N/c1-8(2)7-9-5-3-4-6-10-9/h3-7,10H,1H2,2H3/b9-7-. The van der Waals surface area contributed by atoms with Crippen LogP contribution in [0.4, 0.5) is 0 Å². The van der Waals surface area contributed by atoms with E-state index in [9.17, 15) is 0 Å². The summed E-state index contributed by atoms with van der Waals surface area (Å²) >= 11 is 0. The zero-order valence-corrected chi connectivity index (χ0v) is 6.09. The van der Waals surface area contributed by atoms with Crippen LogP contribution in [-0.4, -0.2) is 0 Å². The van der Waals surface area contributed by atoms with E-state index in [2.05, 4.69) is 11.9 Å². The molecule has 0 saturated carbocycles. The van der Waals surface area contributed by atoms with Gasteiger partial charge in [0.05, 0.1) is 0 Å². The fourth-order valence-electron chi connectivity index (χ4n) is 0.762. The van der Waals surface area contributed by atoms with Crippen LogP contribution in [0, 0.1) is 0 Å². The van der Waals surface area contributed by atoms with Gasteiger partial charge in [0.15, 0.2) is 0 Å². The Morgan fingerprint density at radius 1 is 1.60 bits per heavy atom. The number of dihydropyridines is 1. The quantitative estimate of drug-likeness (QED) is 0.577. The molecule has 1 aliphatic rings. The van der Waals surface area contributed by atoms with Gasteiger partial charge in [-0.1, -0.05) is 18.2 Å². The minimum absolute atomic E-state index is 1.06. The molecule has 0 aromatic carbocycles. The zero-order valence-electron chi connectivity index (χ0n) is 6.09. The van der Waals surface area contributed by atoms with Crippen molar-refractivity contribution in [1.82, 2.24) is 5.32 Å². The molecule has 0 atom stereocenters. The normalized spacial score (nSPS) is 19.1. The summed E-state index contributed by atoms with van der Waals surface area (Å²) in [5, 5.41) is 3.08. The second-order valence-electron chi connectivity index (χ2n) is 2.31. The molecule has 1 heteroatoms. The minimum atomic E-state index is 1.06. The Hall–Kier alpha value is -1.24. The van der Waals surface area contributed by atoms with Crippen LogP contribution in [0.5, 0.6) is 0 Å². The highest BCUT2D eigenvalue weighted by Gasteiger charge is 1.89. The van der Waals surface area contributed by atoms with Crippen molar-refractivity contribution < 1.29 is 0 Å². The van der Waals surface area contributed by atoms with Crippen LogP contribution in [-0.2, 0) is 0 Å². The van der Waals surface area contributed by atoms with E-state index in [0.717, 1.165) is 11.3 Å². The van der Waals surface area contributed by atoms with E-state index < -0.39 is 0 Å². The summed E-state index contributed by atoms with van der Waals surface area (Å²) in [5.41, 5.74) is 2.15. The molecule has 0 aliphatic carbocycles. The first-order valence-corrected chi connectivity index (χ1v) is 3.26. The highest BCUT2D eigenvalue weighted by atomic mass is 14.8. The number of hydrogen-bond acceptors (Lipinski definition) is 1. The van der Waals surface area contributed by atoms with E-state index in [1.807, 2.05) is 37.4 Å². The molecule has 0 bridgehead atoms. The van der Waals surface area contributed by atoms with Gasteiger partial charge in [-0.3, -0.25) is 0 Å². The van der Waals surface area contributed by atoms with Gasteiger partial charge in [0.25, 0.3) is 0 Å². The lowest BCUT2D eigenvalue weighted by Gasteiger charge is -2.04. The minimum Gasteiger partial charge on any atom is -0.362 e. The second kappa shape index (κ2) is 3.06. The van der Waals surface area contributed by atoms with E-state index in [1.165, 1.54) is 0 Å². The Labute approximate surface area is 61.4 Å². The third-order valence-corrected chi connectivity index (χ3v) is 1.14. The molecule has 1 rings (SSSR count). The smallest absolute Gasteiger partial charge is 0.0382 e. The predicted molar refractivity (Wildman–Crippen MR) is 44.3 cm³/mol. The third-order valence-electron chi connectivity index (χ3n) is 1.14. The molecule has 1 nitrogen and oxygen atoms in total. The maximum atomic E-state index is 3.77. The van der Waals surface area contributed by atoms with Gasteiger partial charge in [0.2, 0.25) is 0 Å². The van der Waals surface area contributed by atoms with Crippen molar-refractivity contribution in [2.75, 3.05) is 0 Å². The van der Waals surface area contributed by atoms with Crippen molar-refractivity contribution in [3.8, 4) is 0 Å². The highest BCUT2D eigenvalue weighted by Crippen LogP contribution is 2.01. The Balaban J connectivity index is 2.67. The summed E-state index contributed by atoms with van der Waals surface area (Å²) in [7, 11) is 0. The molecule has 0 amide bonds. The van der Waals surface area contributed by atoms with Crippen LogP contribution in [0.3, 0.4) is 0 Å². The van der Waals surface area contributed by atoms with Gasteiger partial charge in [0.1, 0.15) is 0 Å². The van der Waals surface area contributed by atoms with Gasteiger partial charge < -0.3 is 5.32 Å². The van der Waals surface area contributed by atoms with Crippen molar-refractivity contribution in [1.29, 1.82) is 0 Å². The number of rotatable bonds is 1. The fourth-order valence-corrected chi connectivity index (χ4v) is 0.762. The largest absolute Gasteiger partial charge is 0.362 e. The number of allylic oxidation sites excluding steroid dienone is 5. The molecular weight excluding hydrogens is 122 g/mol. The average molecular weight is 133 g/mol. The van der Waals surface area contributed by atoms with E-state index >= 15 is 0 Å². The van der Waals surface area contributed by atoms with Crippen LogP contribution >= 0.6 is 0 Å². The van der Waals surface area contributed by atoms with Gasteiger partial charge >= 0.3 is 0 Å². The molecule has 0 saturated heterocycles. The summed E-state index contributed by atoms with van der Waals surface area (Å²) in [6, 6.07) is 0. The lowest BCUT2D eigenvalue weighted by molar-refractivity contribution is 1.09. The van der Waals surface area contributed by atoms with E-state index in [1.54, 1.807) is 0 Å². The average Bonchev–Trinajstić information content (AvgIpc) is 1.88. The molecule has 52 valence electrons. The summed E-state index contributed by atoms with van der Waals surface area (Å²) in [6.07, 6.45) is 9.85.